The largest absolute Gasteiger partial charge is 0.310 e. The predicted octanol–water partition coefficient (Wildman–Crippen LogP) is 5.33. The van der Waals surface area contributed by atoms with Gasteiger partial charge in [-0.25, -0.2) is 4.39 Å². The molecule has 0 spiro atoms. The van der Waals surface area contributed by atoms with Crippen molar-refractivity contribution < 1.29 is 4.39 Å². The highest BCUT2D eigenvalue weighted by molar-refractivity contribution is 6.31. The van der Waals surface area contributed by atoms with Crippen LogP contribution in [0.5, 0.6) is 0 Å². The predicted molar refractivity (Wildman–Crippen MR) is 87.7 cm³/mol. The molecule has 0 amide bonds. The molecule has 0 aliphatic heterocycles. The number of nitrogens with one attached hydrogen (secondary N) is 1. The van der Waals surface area contributed by atoms with Crippen LogP contribution in [0.3, 0.4) is 0 Å². The van der Waals surface area contributed by atoms with Crippen molar-refractivity contribution in [3.05, 3.63) is 69.0 Å². The molecule has 0 saturated carbocycles. The smallest absolute Gasteiger partial charge is 0.127 e. The normalized spacial score (nSPS) is 12.4. The molecular weight excluding hydrogens is 308 g/mol. The molecule has 1 nitrogen and oxygen atoms in total. The second-order valence-corrected chi connectivity index (χ2v) is 5.92. The van der Waals surface area contributed by atoms with Crippen LogP contribution in [-0.4, -0.2) is 6.54 Å². The minimum atomic E-state index is -0.284. The van der Waals surface area contributed by atoms with Crippen molar-refractivity contribution in [1.29, 1.82) is 0 Å². The Kier molecular flexibility index (Phi) is 5.63. The summed E-state index contributed by atoms with van der Waals surface area (Å²) in [6.45, 7) is 4.80. The summed E-state index contributed by atoms with van der Waals surface area (Å²) in [5, 5.41) is 4.48. The molecule has 4 heteroatoms. The number of likely N-dealkylation sites (N-methyl/N-ethyl adjacent to an activating group) is 1. The first-order valence-electron chi connectivity index (χ1n) is 6.94. The van der Waals surface area contributed by atoms with E-state index in [4.69, 9.17) is 23.2 Å². The summed E-state index contributed by atoms with van der Waals surface area (Å²) >= 11 is 12.1. The van der Waals surface area contributed by atoms with E-state index in [1.54, 1.807) is 12.1 Å². The molecule has 1 unspecified atom stereocenters. The van der Waals surface area contributed by atoms with Gasteiger partial charge < -0.3 is 5.32 Å². The molecule has 0 heterocycles. The highest BCUT2D eigenvalue weighted by Crippen LogP contribution is 2.28. The van der Waals surface area contributed by atoms with Gasteiger partial charge in [-0.15, -0.1) is 0 Å². The Balaban J connectivity index is 2.30. The van der Waals surface area contributed by atoms with E-state index in [2.05, 4.69) is 5.32 Å². The Bertz CT molecular complexity index is 628. The Hall–Kier alpha value is -1.09. The van der Waals surface area contributed by atoms with Gasteiger partial charge in [0.15, 0.2) is 0 Å². The number of hydrogen-bond donors (Lipinski definition) is 1. The summed E-state index contributed by atoms with van der Waals surface area (Å²) in [4.78, 5) is 0. The van der Waals surface area contributed by atoms with E-state index in [9.17, 15) is 4.39 Å². The van der Waals surface area contributed by atoms with Gasteiger partial charge in [0.05, 0.1) is 0 Å². The highest BCUT2D eigenvalue weighted by Gasteiger charge is 2.16. The van der Waals surface area contributed by atoms with Crippen molar-refractivity contribution >= 4 is 23.2 Å². The number of aryl methyl sites for hydroxylation is 1. The van der Waals surface area contributed by atoms with Crippen molar-refractivity contribution in [3.63, 3.8) is 0 Å². The van der Waals surface area contributed by atoms with Gasteiger partial charge >= 0.3 is 0 Å². The van der Waals surface area contributed by atoms with E-state index in [0.29, 0.717) is 22.0 Å². The monoisotopic (exact) mass is 325 g/mol. The van der Waals surface area contributed by atoms with Crippen LogP contribution in [0.25, 0.3) is 0 Å². The van der Waals surface area contributed by atoms with Crippen LogP contribution in [0.15, 0.2) is 36.4 Å². The van der Waals surface area contributed by atoms with Crippen molar-refractivity contribution in [1.82, 2.24) is 5.32 Å². The number of hydrogen-bond acceptors (Lipinski definition) is 1. The maximum atomic E-state index is 14.0. The van der Waals surface area contributed by atoms with Gasteiger partial charge in [-0.1, -0.05) is 48.3 Å². The van der Waals surface area contributed by atoms with Crippen LogP contribution in [0.4, 0.5) is 4.39 Å². The second kappa shape index (κ2) is 7.26. The molecule has 2 aromatic rings. The van der Waals surface area contributed by atoms with E-state index >= 15 is 0 Å². The summed E-state index contributed by atoms with van der Waals surface area (Å²) in [6, 6.07) is 10.7. The molecule has 0 aliphatic rings. The average Bonchev–Trinajstić information content (AvgIpc) is 2.41. The topological polar surface area (TPSA) is 12.0 Å². The summed E-state index contributed by atoms with van der Waals surface area (Å²) in [7, 11) is 0. The third-order valence-corrected chi connectivity index (χ3v) is 3.98. The molecule has 0 bridgehead atoms. The molecule has 1 N–H and O–H groups in total. The molecule has 0 radical (unpaired) electrons. The summed E-state index contributed by atoms with van der Waals surface area (Å²) in [5.74, 6) is -0.284. The Morgan fingerprint density at radius 2 is 1.90 bits per heavy atom. The van der Waals surface area contributed by atoms with E-state index in [0.717, 1.165) is 17.7 Å². The summed E-state index contributed by atoms with van der Waals surface area (Å²) in [6.07, 6.45) is 0.527. The van der Waals surface area contributed by atoms with Crippen molar-refractivity contribution in [2.45, 2.75) is 26.3 Å². The van der Waals surface area contributed by atoms with Crippen LogP contribution in [0, 0.1) is 12.7 Å². The molecule has 2 rings (SSSR count). The van der Waals surface area contributed by atoms with Crippen molar-refractivity contribution in [3.8, 4) is 0 Å². The van der Waals surface area contributed by atoms with Gasteiger partial charge in [0.1, 0.15) is 5.82 Å². The number of rotatable bonds is 5. The fourth-order valence-corrected chi connectivity index (χ4v) is 2.89. The lowest BCUT2D eigenvalue weighted by atomic mass is 9.97. The first-order chi connectivity index (χ1) is 10.0. The average molecular weight is 326 g/mol. The van der Waals surface area contributed by atoms with Gasteiger partial charge in [0.2, 0.25) is 0 Å². The number of halogens is 3. The lowest BCUT2D eigenvalue weighted by Gasteiger charge is -2.20. The van der Waals surface area contributed by atoms with E-state index in [-0.39, 0.29) is 11.9 Å². The molecular formula is C17H18Cl2FN. The zero-order chi connectivity index (χ0) is 15.4. The lowest BCUT2D eigenvalue weighted by molar-refractivity contribution is 0.528. The Labute approximate surface area is 135 Å². The van der Waals surface area contributed by atoms with Crippen LogP contribution >= 0.6 is 23.2 Å². The second-order valence-electron chi connectivity index (χ2n) is 5.08. The zero-order valence-corrected chi connectivity index (χ0v) is 13.6. The van der Waals surface area contributed by atoms with Gasteiger partial charge in [0.25, 0.3) is 0 Å². The Morgan fingerprint density at radius 1 is 1.14 bits per heavy atom. The quantitative estimate of drug-likeness (QED) is 0.782. The fourth-order valence-electron chi connectivity index (χ4n) is 2.36. The maximum absolute atomic E-state index is 14.0. The van der Waals surface area contributed by atoms with Crippen LogP contribution in [0.1, 0.15) is 29.7 Å². The molecule has 1 atom stereocenters. The summed E-state index contributed by atoms with van der Waals surface area (Å²) in [5.41, 5.74) is 2.72. The maximum Gasteiger partial charge on any atom is 0.127 e. The van der Waals surface area contributed by atoms with Gasteiger partial charge in [-0.2, -0.15) is 0 Å². The number of benzene rings is 2. The molecule has 112 valence electrons. The van der Waals surface area contributed by atoms with Crippen LogP contribution in [-0.2, 0) is 6.42 Å². The van der Waals surface area contributed by atoms with Crippen molar-refractivity contribution in [2.75, 3.05) is 6.54 Å². The zero-order valence-electron chi connectivity index (χ0n) is 12.1. The molecule has 0 fully saturated rings. The van der Waals surface area contributed by atoms with E-state index in [1.807, 2.05) is 32.0 Å². The standard InChI is InChI=1S/C17H18Cl2FN/c1-3-21-17(14-7-4-11(2)8-15(14)19)9-12-5-6-13(18)10-16(12)20/h4-8,10,17,21H,3,9H2,1-2H3. The highest BCUT2D eigenvalue weighted by atomic mass is 35.5. The third-order valence-electron chi connectivity index (χ3n) is 3.42. The van der Waals surface area contributed by atoms with Gasteiger partial charge in [-0.3, -0.25) is 0 Å². The minimum absolute atomic E-state index is 0.0289. The van der Waals surface area contributed by atoms with Crippen LogP contribution < -0.4 is 5.32 Å². The third kappa shape index (κ3) is 4.19. The Morgan fingerprint density at radius 3 is 2.52 bits per heavy atom. The van der Waals surface area contributed by atoms with Crippen LogP contribution in [0.2, 0.25) is 10.0 Å². The molecule has 0 saturated heterocycles. The SMILES string of the molecule is CCNC(Cc1ccc(Cl)cc1F)c1ccc(C)cc1Cl. The van der Waals surface area contributed by atoms with E-state index < -0.39 is 0 Å². The van der Waals surface area contributed by atoms with Gasteiger partial charge in [-0.05, 0) is 54.8 Å². The first-order valence-corrected chi connectivity index (χ1v) is 7.70. The minimum Gasteiger partial charge on any atom is -0.310 e. The molecule has 21 heavy (non-hydrogen) atoms. The summed E-state index contributed by atoms with van der Waals surface area (Å²) < 4.78 is 14.0. The fraction of sp³-hybridized carbons (Fsp3) is 0.294. The van der Waals surface area contributed by atoms with Gasteiger partial charge in [0, 0.05) is 16.1 Å². The molecule has 0 aliphatic carbocycles. The molecule has 2 aromatic carbocycles. The van der Waals surface area contributed by atoms with Crippen molar-refractivity contribution in [2.24, 2.45) is 0 Å². The van der Waals surface area contributed by atoms with E-state index in [1.165, 1.54) is 6.07 Å². The lowest BCUT2D eigenvalue weighted by Crippen LogP contribution is -2.23. The first kappa shape index (κ1) is 16.3. The molecule has 0 aromatic heterocycles.